The molecule has 0 saturated carbocycles. The third kappa shape index (κ3) is 2.21. The van der Waals surface area contributed by atoms with Crippen molar-refractivity contribution in [3.63, 3.8) is 0 Å². The number of imide groups is 1. The number of nitrogens with one attached hydrogen (secondary N) is 3. The third-order valence-electron chi connectivity index (χ3n) is 4.08. The summed E-state index contributed by atoms with van der Waals surface area (Å²) < 4.78 is 0. The quantitative estimate of drug-likeness (QED) is 0.557. The lowest BCUT2D eigenvalue weighted by Gasteiger charge is -2.42. The van der Waals surface area contributed by atoms with Crippen molar-refractivity contribution in [1.82, 2.24) is 25.5 Å². The van der Waals surface area contributed by atoms with Crippen molar-refractivity contribution >= 4 is 17.7 Å². The maximum Gasteiger partial charge on any atom is 0.252 e. The average molecular weight is 291 g/mol. The Balaban J connectivity index is 1.81. The number of carbonyl (C=O) groups excluding carboxylic acids is 3. The highest BCUT2D eigenvalue weighted by Crippen LogP contribution is 2.21. The second kappa shape index (κ2) is 4.66. The van der Waals surface area contributed by atoms with Gasteiger partial charge in [0.05, 0.1) is 23.8 Å². The van der Waals surface area contributed by atoms with Crippen molar-refractivity contribution in [2.45, 2.75) is 38.4 Å². The second-order valence-corrected chi connectivity index (χ2v) is 5.83. The van der Waals surface area contributed by atoms with Crippen LogP contribution in [0, 0.1) is 0 Å². The third-order valence-corrected chi connectivity index (χ3v) is 4.08. The van der Waals surface area contributed by atoms with Gasteiger partial charge in [-0.05, 0) is 13.8 Å². The standard InChI is InChI=1S/C13H17N5O3/c1-13(2)12(21)17-10(19)5-18(13)11(20)8-3-7-9(4-14-8)16-6-15-7/h6,8,14H,3-5H2,1-2H3,(H,15,16)(H,17,19,21). The Morgan fingerprint density at radius 3 is 2.95 bits per heavy atom. The van der Waals surface area contributed by atoms with Gasteiger partial charge in [-0.1, -0.05) is 0 Å². The van der Waals surface area contributed by atoms with Gasteiger partial charge in [-0.2, -0.15) is 0 Å². The van der Waals surface area contributed by atoms with Crippen molar-refractivity contribution in [2.24, 2.45) is 0 Å². The van der Waals surface area contributed by atoms with Gasteiger partial charge in [0, 0.05) is 13.0 Å². The summed E-state index contributed by atoms with van der Waals surface area (Å²) in [4.78, 5) is 44.7. The molecule has 1 aromatic heterocycles. The van der Waals surface area contributed by atoms with Crippen molar-refractivity contribution < 1.29 is 14.4 Å². The fourth-order valence-electron chi connectivity index (χ4n) is 2.67. The van der Waals surface area contributed by atoms with E-state index >= 15 is 0 Å². The van der Waals surface area contributed by atoms with Crippen molar-refractivity contribution in [2.75, 3.05) is 6.54 Å². The van der Waals surface area contributed by atoms with Gasteiger partial charge < -0.3 is 9.88 Å². The number of aromatic amines is 1. The molecule has 112 valence electrons. The Labute approximate surface area is 121 Å². The first-order valence-corrected chi connectivity index (χ1v) is 6.80. The first-order valence-electron chi connectivity index (χ1n) is 6.80. The molecule has 3 rings (SSSR count). The van der Waals surface area contributed by atoms with E-state index in [-0.39, 0.29) is 12.5 Å². The molecule has 1 aromatic rings. The Kier molecular flexibility index (Phi) is 3.05. The molecule has 3 N–H and O–H groups in total. The van der Waals surface area contributed by atoms with Crippen LogP contribution >= 0.6 is 0 Å². The Morgan fingerprint density at radius 2 is 2.19 bits per heavy atom. The summed E-state index contributed by atoms with van der Waals surface area (Å²) in [5.41, 5.74) is 0.766. The zero-order chi connectivity index (χ0) is 15.2. The number of nitrogens with zero attached hydrogens (tertiary/aromatic N) is 2. The fourth-order valence-corrected chi connectivity index (χ4v) is 2.67. The van der Waals surface area contributed by atoms with Crippen molar-refractivity contribution in [1.29, 1.82) is 0 Å². The van der Waals surface area contributed by atoms with Crippen LogP contribution in [0.3, 0.4) is 0 Å². The van der Waals surface area contributed by atoms with E-state index in [1.165, 1.54) is 4.90 Å². The largest absolute Gasteiger partial charge is 0.347 e. The highest BCUT2D eigenvalue weighted by atomic mass is 16.2. The van der Waals surface area contributed by atoms with Gasteiger partial charge in [0.2, 0.25) is 11.8 Å². The molecular formula is C13H17N5O3. The molecule has 0 radical (unpaired) electrons. The molecular weight excluding hydrogens is 274 g/mol. The summed E-state index contributed by atoms with van der Waals surface area (Å²) in [6.07, 6.45) is 2.04. The minimum Gasteiger partial charge on any atom is -0.347 e. The number of hydrogen-bond donors (Lipinski definition) is 3. The maximum atomic E-state index is 12.7. The Morgan fingerprint density at radius 1 is 1.43 bits per heavy atom. The predicted octanol–water partition coefficient (Wildman–Crippen LogP) is -1.31. The molecule has 1 atom stereocenters. The summed E-state index contributed by atoms with van der Waals surface area (Å²) in [5.74, 6) is -1.16. The fraction of sp³-hybridized carbons (Fsp3) is 0.538. The molecule has 8 heteroatoms. The van der Waals surface area contributed by atoms with Crippen molar-refractivity contribution in [3.8, 4) is 0 Å². The summed E-state index contributed by atoms with van der Waals surface area (Å²) in [6, 6.07) is -0.473. The van der Waals surface area contributed by atoms with Gasteiger partial charge in [0.25, 0.3) is 5.91 Å². The van der Waals surface area contributed by atoms with Crippen LogP contribution in [0.2, 0.25) is 0 Å². The molecule has 0 aromatic carbocycles. The van der Waals surface area contributed by atoms with E-state index in [0.717, 1.165) is 11.4 Å². The van der Waals surface area contributed by atoms with Crippen molar-refractivity contribution in [3.05, 3.63) is 17.7 Å². The molecule has 3 amide bonds. The van der Waals surface area contributed by atoms with Gasteiger partial charge >= 0.3 is 0 Å². The van der Waals surface area contributed by atoms with E-state index in [0.29, 0.717) is 13.0 Å². The number of amides is 3. The average Bonchev–Trinajstić information content (AvgIpc) is 2.89. The van der Waals surface area contributed by atoms with E-state index in [2.05, 4.69) is 20.6 Å². The van der Waals surface area contributed by atoms with Gasteiger partial charge in [-0.15, -0.1) is 0 Å². The minimum absolute atomic E-state index is 0.108. The van der Waals surface area contributed by atoms with E-state index in [4.69, 9.17) is 0 Å². The summed E-state index contributed by atoms with van der Waals surface area (Å²) >= 11 is 0. The lowest BCUT2D eigenvalue weighted by Crippen LogP contribution is -2.68. The lowest BCUT2D eigenvalue weighted by atomic mass is 9.95. The normalized spacial score (nSPS) is 24.5. The van der Waals surface area contributed by atoms with Crippen LogP contribution in [0.15, 0.2) is 6.33 Å². The SMILES string of the molecule is CC1(C)C(=O)NC(=O)CN1C(=O)C1Cc2nc[nH]c2CN1. The molecule has 1 unspecified atom stereocenters. The number of aromatic nitrogens is 2. The second-order valence-electron chi connectivity index (χ2n) is 5.83. The molecule has 1 saturated heterocycles. The summed E-state index contributed by atoms with van der Waals surface area (Å²) in [6.45, 7) is 3.67. The maximum absolute atomic E-state index is 12.7. The first-order chi connectivity index (χ1) is 9.89. The van der Waals surface area contributed by atoms with Crippen LogP contribution < -0.4 is 10.6 Å². The number of rotatable bonds is 1. The van der Waals surface area contributed by atoms with E-state index in [1.54, 1.807) is 20.2 Å². The highest BCUT2D eigenvalue weighted by Gasteiger charge is 2.45. The van der Waals surface area contributed by atoms with Gasteiger partial charge in [-0.3, -0.25) is 25.0 Å². The van der Waals surface area contributed by atoms with Crippen LogP contribution in [-0.2, 0) is 27.3 Å². The van der Waals surface area contributed by atoms with Crippen LogP contribution in [-0.4, -0.2) is 50.7 Å². The highest BCUT2D eigenvalue weighted by molar-refractivity contribution is 6.06. The molecule has 21 heavy (non-hydrogen) atoms. The zero-order valence-corrected chi connectivity index (χ0v) is 11.9. The number of carbonyl (C=O) groups is 3. The molecule has 2 aliphatic rings. The van der Waals surface area contributed by atoms with Crippen LogP contribution in [0.5, 0.6) is 0 Å². The molecule has 1 fully saturated rings. The van der Waals surface area contributed by atoms with E-state index < -0.39 is 23.4 Å². The Bertz CT molecular complexity index is 621. The minimum atomic E-state index is -1.04. The van der Waals surface area contributed by atoms with E-state index in [1.807, 2.05) is 0 Å². The van der Waals surface area contributed by atoms with Gasteiger partial charge in [0.15, 0.2) is 0 Å². The molecule has 0 spiro atoms. The molecule has 0 aliphatic carbocycles. The molecule has 3 heterocycles. The number of H-pyrrole nitrogens is 1. The number of fused-ring (bicyclic) bond motifs is 1. The molecule has 0 bridgehead atoms. The zero-order valence-electron chi connectivity index (χ0n) is 11.9. The summed E-state index contributed by atoms with van der Waals surface area (Å²) in [5, 5.41) is 5.38. The molecule has 2 aliphatic heterocycles. The monoisotopic (exact) mass is 291 g/mol. The van der Waals surface area contributed by atoms with Gasteiger partial charge in [0.1, 0.15) is 12.1 Å². The topological polar surface area (TPSA) is 107 Å². The van der Waals surface area contributed by atoms with E-state index in [9.17, 15) is 14.4 Å². The Hall–Kier alpha value is -2.22. The number of hydrogen-bond acceptors (Lipinski definition) is 5. The van der Waals surface area contributed by atoms with Crippen LogP contribution in [0.4, 0.5) is 0 Å². The predicted molar refractivity (Wildman–Crippen MR) is 71.9 cm³/mol. The number of imidazole rings is 1. The lowest BCUT2D eigenvalue weighted by molar-refractivity contribution is -0.156. The number of piperazine rings is 1. The molecule has 8 nitrogen and oxygen atoms in total. The summed E-state index contributed by atoms with van der Waals surface area (Å²) in [7, 11) is 0. The first kappa shape index (κ1) is 13.7. The van der Waals surface area contributed by atoms with Crippen LogP contribution in [0.1, 0.15) is 25.2 Å². The van der Waals surface area contributed by atoms with Crippen LogP contribution in [0.25, 0.3) is 0 Å². The smallest absolute Gasteiger partial charge is 0.252 e. The van der Waals surface area contributed by atoms with Gasteiger partial charge in [-0.25, -0.2) is 4.98 Å².